The molecule has 9 nitrogen and oxygen atoms in total. The molecule has 2 aromatic carbocycles. The Balaban J connectivity index is 1.38. The number of hydrogen-bond donors (Lipinski definition) is 2. The minimum atomic E-state index is -3.82. The van der Waals surface area contributed by atoms with Gasteiger partial charge in [-0.25, -0.2) is 8.42 Å². The minimum absolute atomic E-state index is 0.0637. The van der Waals surface area contributed by atoms with Crippen molar-refractivity contribution in [3.8, 4) is 0 Å². The number of hydrogen-bond acceptors (Lipinski definition) is 6. The number of nitrogens with one attached hydrogen (secondary N) is 2. The predicted octanol–water partition coefficient (Wildman–Crippen LogP) is 1.83. The van der Waals surface area contributed by atoms with E-state index in [1.165, 1.54) is 23.1 Å². The van der Waals surface area contributed by atoms with Crippen molar-refractivity contribution in [1.29, 1.82) is 0 Å². The van der Waals surface area contributed by atoms with E-state index in [-0.39, 0.29) is 56.3 Å². The van der Waals surface area contributed by atoms with Crippen molar-refractivity contribution >= 4 is 33.5 Å². The summed E-state index contributed by atoms with van der Waals surface area (Å²) < 4.78 is 52.4. The number of rotatable bonds is 9. The number of carbonyl (C=O) groups excluding carboxylic acids is 4. The number of amides is 4. The molecule has 4 amide bonds. The van der Waals surface area contributed by atoms with E-state index in [2.05, 4.69) is 10.6 Å². The molecule has 2 N–H and O–H groups in total. The fourth-order valence-corrected chi connectivity index (χ4v) is 5.29. The number of alkyl halides is 2. The maximum absolute atomic E-state index is 14.9. The van der Waals surface area contributed by atoms with E-state index in [1.54, 1.807) is 18.2 Å². The molecule has 2 aliphatic heterocycles. The van der Waals surface area contributed by atoms with Gasteiger partial charge in [-0.1, -0.05) is 30.3 Å². The monoisotopic (exact) mass is 547 g/mol. The van der Waals surface area contributed by atoms with Crippen LogP contribution in [0.25, 0.3) is 0 Å². The van der Waals surface area contributed by atoms with Gasteiger partial charge in [-0.3, -0.25) is 24.5 Å². The number of piperidine rings is 1. The topological polar surface area (TPSA) is 130 Å². The molecular formula is C26H27F2N3O6S. The number of imide groups is 1. The number of nitrogens with zero attached hydrogens (tertiary/aromatic N) is 1. The van der Waals surface area contributed by atoms with E-state index >= 15 is 0 Å². The van der Waals surface area contributed by atoms with Crippen LogP contribution in [0, 0.1) is 0 Å². The molecule has 0 radical (unpaired) electrons. The molecule has 1 fully saturated rings. The van der Waals surface area contributed by atoms with Crippen molar-refractivity contribution in [1.82, 2.24) is 15.5 Å². The standard InChI is InChI=1S/C26H27F2N3O6S/c1-38(36,37)11-3-5-16-4-2-6-19(13-16)26(27,28)25(35)29-14-17-7-8-20-18(12-17)15-31(24(20)34)21-9-10-22(32)30-23(21)33/h2,4,6-8,12-13,21H,3,5,9-11,14-15H2,1H3,(H,29,35)(H,30,32,33). The first-order chi connectivity index (χ1) is 17.8. The van der Waals surface area contributed by atoms with Gasteiger partial charge in [0, 0.05) is 36.9 Å². The molecule has 2 heterocycles. The van der Waals surface area contributed by atoms with Crippen LogP contribution in [-0.4, -0.2) is 55.0 Å². The first-order valence-electron chi connectivity index (χ1n) is 12.0. The third-order valence-electron chi connectivity index (χ3n) is 6.60. The van der Waals surface area contributed by atoms with Crippen LogP contribution in [0.4, 0.5) is 8.78 Å². The molecule has 2 aliphatic rings. The summed E-state index contributed by atoms with van der Waals surface area (Å²) in [6, 6.07) is 9.28. The molecule has 0 spiro atoms. The molecule has 0 aromatic heterocycles. The Kier molecular flexibility index (Phi) is 7.63. The Morgan fingerprint density at radius 2 is 1.89 bits per heavy atom. The van der Waals surface area contributed by atoms with Gasteiger partial charge in [0.2, 0.25) is 11.8 Å². The second-order valence-corrected chi connectivity index (χ2v) is 11.8. The number of benzene rings is 2. The lowest BCUT2D eigenvalue weighted by Gasteiger charge is -2.29. The van der Waals surface area contributed by atoms with Crippen LogP contribution >= 0.6 is 0 Å². The van der Waals surface area contributed by atoms with Crippen LogP contribution in [0.5, 0.6) is 0 Å². The molecule has 4 rings (SSSR count). The highest BCUT2D eigenvalue weighted by Gasteiger charge is 2.41. The van der Waals surface area contributed by atoms with Gasteiger partial charge in [-0.05, 0) is 48.1 Å². The summed E-state index contributed by atoms with van der Waals surface area (Å²) >= 11 is 0. The third-order valence-corrected chi connectivity index (χ3v) is 7.63. The molecule has 0 saturated carbocycles. The van der Waals surface area contributed by atoms with Crippen LogP contribution < -0.4 is 10.6 Å². The van der Waals surface area contributed by atoms with Crippen molar-refractivity contribution in [3.05, 3.63) is 70.3 Å². The van der Waals surface area contributed by atoms with Gasteiger partial charge >= 0.3 is 5.92 Å². The molecule has 1 atom stereocenters. The van der Waals surface area contributed by atoms with Crippen molar-refractivity contribution in [2.24, 2.45) is 0 Å². The van der Waals surface area contributed by atoms with Crippen LogP contribution in [0.15, 0.2) is 42.5 Å². The second-order valence-electron chi connectivity index (χ2n) is 9.58. The van der Waals surface area contributed by atoms with E-state index in [4.69, 9.17) is 0 Å². The van der Waals surface area contributed by atoms with E-state index in [0.717, 1.165) is 12.3 Å². The third kappa shape index (κ3) is 6.07. The summed E-state index contributed by atoms with van der Waals surface area (Å²) in [6.45, 7) is -0.0765. The lowest BCUT2D eigenvalue weighted by molar-refractivity contribution is -0.147. The van der Waals surface area contributed by atoms with E-state index in [1.807, 2.05) is 0 Å². The van der Waals surface area contributed by atoms with Crippen LogP contribution in [0.3, 0.4) is 0 Å². The summed E-state index contributed by atoms with van der Waals surface area (Å²) in [7, 11) is -3.16. The minimum Gasteiger partial charge on any atom is -0.346 e. The molecule has 202 valence electrons. The number of aryl methyl sites for hydroxylation is 1. The van der Waals surface area contributed by atoms with Crippen LogP contribution in [0.1, 0.15) is 51.9 Å². The number of sulfone groups is 1. The van der Waals surface area contributed by atoms with E-state index < -0.39 is 39.2 Å². The van der Waals surface area contributed by atoms with E-state index in [9.17, 15) is 36.4 Å². The molecule has 0 aliphatic carbocycles. The zero-order chi connectivity index (χ0) is 27.7. The molecule has 0 bridgehead atoms. The summed E-state index contributed by atoms with van der Waals surface area (Å²) in [6.07, 6.45) is 2.02. The lowest BCUT2D eigenvalue weighted by Crippen LogP contribution is -2.52. The number of fused-ring (bicyclic) bond motifs is 1. The van der Waals surface area contributed by atoms with Crippen molar-refractivity contribution in [3.63, 3.8) is 0 Å². The maximum Gasteiger partial charge on any atom is 0.349 e. The van der Waals surface area contributed by atoms with Crippen molar-refractivity contribution < 1.29 is 36.4 Å². The van der Waals surface area contributed by atoms with Gasteiger partial charge < -0.3 is 10.2 Å². The van der Waals surface area contributed by atoms with Gasteiger partial charge in [0.25, 0.3) is 11.8 Å². The fourth-order valence-electron chi connectivity index (χ4n) is 4.62. The zero-order valence-corrected chi connectivity index (χ0v) is 21.4. The zero-order valence-electron chi connectivity index (χ0n) is 20.6. The molecule has 2 aromatic rings. The largest absolute Gasteiger partial charge is 0.349 e. The van der Waals surface area contributed by atoms with Crippen LogP contribution in [0.2, 0.25) is 0 Å². The summed E-state index contributed by atoms with van der Waals surface area (Å²) in [5.74, 6) is -6.64. The van der Waals surface area contributed by atoms with Crippen molar-refractivity contribution in [2.75, 3.05) is 12.0 Å². The van der Waals surface area contributed by atoms with Crippen LogP contribution in [-0.2, 0) is 49.7 Å². The maximum atomic E-state index is 14.9. The predicted molar refractivity (Wildman–Crippen MR) is 133 cm³/mol. The SMILES string of the molecule is CS(=O)(=O)CCCc1cccc(C(F)(F)C(=O)NCc2ccc3c(c2)CN(C2CCC(=O)NC2=O)C3=O)c1. The smallest absolute Gasteiger partial charge is 0.346 e. The molecule has 12 heteroatoms. The Bertz CT molecular complexity index is 1410. The summed E-state index contributed by atoms with van der Waals surface area (Å²) in [5, 5.41) is 4.47. The first kappa shape index (κ1) is 27.4. The Hall–Kier alpha value is -3.67. The lowest BCUT2D eigenvalue weighted by atomic mass is 10.0. The highest BCUT2D eigenvalue weighted by Crippen LogP contribution is 2.30. The van der Waals surface area contributed by atoms with Gasteiger partial charge in [0.05, 0.1) is 5.75 Å². The number of carbonyl (C=O) groups is 4. The van der Waals surface area contributed by atoms with Crippen molar-refractivity contribution in [2.45, 2.75) is 50.7 Å². The average Bonchev–Trinajstić information content (AvgIpc) is 3.17. The molecular weight excluding hydrogens is 520 g/mol. The molecule has 1 saturated heterocycles. The van der Waals surface area contributed by atoms with Gasteiger partial charge in [-0.15, -0.1) is 0 Å². The quantitative estimate of drug-likeness (QED) is 0.461. The Morgan fingerprint density at radius 3 is 2.61 bits per heavy atom. The normalized spacial score (nSPS) is 17.8. The first-order valence-corrected chi connectivity index (χ1v) is 14.1. The Morgan fingerprint density at radius 1 is 1.13 bits per heavy atom. The average molecular weight is 548 g/mol. The second kappa shape index (κ2) is 10.6. The van der Waals surface area contributed by atoms with E-state index in [0.29, 0.717) is 22.3 Å². The number of halogens is 2. The highest BCUT2D eigenvalue weighted by atomic mass is 32.2. The van der Waals surface area contributed by atoms with Gasteiger partial charge in [-0.2, -0.15) is 8.78 Å². The molecule has 1 unspecified atom stereocenters. The summed E-state index contributed by atoms with van der Waals surface area (Å²) in [5.41, 5.74) is 1.48. The summed E-state index contributed by atoms with van der Waals surface area (Å²) in [4.78, 5) is 50.2. The Labute approximate surface area is 218 Å². The highest BCUT2D eigenvalue weighted by molar-refractivity contribution is 7.90. The van der Waals surface area contributed by atoms with Gasteiger partial charge in [0.15, 0.2) is 0 Å². The fraction of sp³-hybridized carbons (Fsp3) is 0.385. The molecule has 38 heavy (non-hydrogen) atoms. The van der Waals surface area contributed by atoms with Gasteiger partial charge in [0.1, 0.15) is 15.9 Å².